The lowest BCUT2D eigenvalue weighted by Crippen LogP contribution is -2.11. The van der Waals surface area contributed by atoms with Crippen LogP contribution < -0.4 is 9.47 Å². The van der Waals surface area contributed by atoms with Crippen LogP contribution in [-0.4, -0.2) is 39.9 Å². The van der Waals surface area contributed by atoms with Gasteiger partial charge in [0.25, 0.3) is 0 Å². The van der Waals surface area contributed by atoms with Gasteiger partial charge in [-0.3, -0.25) is 14.7 Å². The van der Waals surface area contributed by atoms with E-state index in [0.717, 1.165) is 11.3 Å². The summed E-state index contributed by atoms with van der Waals surface area (Å²) in [6, 6.07) is 12.6. The molecule has 30 heavy (non-hydrogen) atoms. The molecule has 1 heterocycles. The zero-order valence-corrected chi connectivity index (χ0v) is 18.3. The van der Waals surface area contributed by atoms with Gasteiger partial charge in [0.2, 0.25) is 6.54 Å². The van der Waals surface area contributed by atoms with Crippen molar-refractivity contribution >= 4 is 23.4 Å². The van der Waals surface area contributed by atoms with Crippen LogP contribution in [0.15, 0.2) is 47.6 Å². The summed E-state index contributed by atoms with van der Waals surface area (Å²) >= 11 is 7.27. The van der Waals surface area contributed by atoms with Gasteiger partial charge in [-0.1, -0.05) is 29.4 Å². The highest BCUT2D eigenvalue weighted by Gasteiger charge is 2.25. The Morgan fingerprint density at radius 2 is 1.93 bits per heavy atom. The van der Waals surface area contributed by atoms with Gasteiger partial charge >= 0.3 is 0 Å². The van der Waals surface area contributed by atoms with Gasteiger partial charge in [-0.2, -0.15) is 0 Å². The van der Waals surface area contributed by atoms with Gasteiger partial charge in [-0.25, -0.2) is 0 Å². The highest BCUT2D eigenvalue weighted by Crippen LogP contribution is 2.39. The molecule has 1 aromatic heterocycles. The van der Waals surface area contributed by atoms with Crippen LogP contribution in [0.5, 0.6) is 11.5 Å². The molecule has 0 fully saturated rings. The zero-order valence-electron chi connectivity index (χ0n) is 16.7. The third kappa shape index (κ3) is 5.03. The van der Waals surface area contributed by atoms with Crippen molar-refractivity contribution in [3.05, 3.63) is 69.0 Å². The fourth-order valence-electron chi connectivity index (χ4n) is 2.94. The molecule has 2 aromatic carbocycles. The molecule has 1 atom stereocenters. The Labute approximate surface area is 183 Å². The maximum absolute atomic E-state index is 11.4. The van der Waals surface area contributed by atoms with Gasteiger partial charge in [0, 0.05) is 15.6 Å². The fourth-order valence-corrected chi connectivity index (χ4v) is 4.23. The van der Waals surface area contributed by atoms with Crippen LogP contribution in [-0.2, 0) is 0 Å². The van der Waals surface area contributed by atoms with Crippen LogP contribution in [0.4, 0.5) is 0 Å². The first kappa shape index (κ1) is 21.9. The Kier molecular flexibility index (Phi) is 7.17. The van der Waals surface area contributed by atoms with Crippen LogP contribution in [0.25, 0.3) is 5.69 Å². The van der Waals surface area contributed by atoms with E-state index in [9.17, 15) is 10.1 Å². The Morgan fingerprint density at radius 3 is 2.57 bits per heavy atom. The fraction of sp³-hybridized carbons (Fsp3) is 0.300. The standard InChI is InChI=1S/C20H21ClN4O4S/c1-4-29-17-10-5-14(11-18(17)28-3)19(12-24(26)27)30-20-23-22-13(2)25(20)16-8-6-15(21)7-9-16/h5-11,19H,4,12H2,1-3H3/t19-/m1/s1. The van der Waals surface area contributed by atoms with Gasteiger partial charge in [0.05, 0.1) is 13.7 Å². The third-order valence-electron chi connectivity index (χ3n) is 4.30. The molecule has 0 saturated carbocycles. The molecule has 0 aliphatic carbocycles. The van der Waals surface area contributed by atoms with E-state index in [2.05, 4.69) is 10.2 Å². The van der Waals surface area contributed by atoms with E-state index in [-0.39, 0.29) is 11.5 Å². The molecule has 0 unspecified atom stereocenters. The van der Waals surface area contributed by atoms with Crippen molar-refractivity contribution in [1.82, 2.24) is 14.8 Å². The molecule has 0 spiro atoms. The van der Waals surface area contributed by atoms with E-state index in [1.54, 1.807) is 24.3 Å². The van der Waals surface area contributed by atoms with Gasteiger partial charge in [0.15, 0.2) is 16.7 Å². The average Bonchev–Trinajstić information content (AvgIpc) is 3.08. The Balaban J connectivity index is 1.97. The maximum Gasteiger partial charge on any atom is 0.220 e. The number of ether oxygens (including phenoxy) is 2. The number of hydrogen-bond acceptors (Lipinski definition) is 7. The quantitative estimate of drug-likeness (QED) is 0.265. The minimum Gasteiger partial charge on any atom is -0.493 e. The van der Waals surface area contributed by atoms with E-state index >= 15 is 0 Å². The summed E-state index contributed by atoms with van der Waals surface area (Å²) in [6.45, 7) is 3.92. The second-order valence-corrected chi connectivity index (χ2v) is 7.91. The average molecular weight is 449 g/mol. The molecule has 0 radical (unpaired) electrons. The predicted octanol–water partition coefficient (Wildman–Crippen LogP) is 4.75. The molecule has 3 rings (SSSR count). The summed E-state index contributed by atoms with van der Waals surface area (Å²) in [5, 5.41) is 20.4. The summed E-state index contributed by atoms with van der Waals surface area (Å²) in [5.41, 5.74) is 1.56. The number of thioether (sulfide) groups is 1. The largest absolute Gasteiger partial charge is 0.493 e. The van der Waals surface area contributed by atoms with E-state index in [1.807, 2.05) is 36.6 Å². The molecule has 8 nitrogen and oxygen atoms in total. The summed E-state index contributed by atoms with van der Waals surface area (Å²) in [7, 11) is 1.54. The Hall–Kier alpha value is -2.78. The van der Waals surface area contributed by atoms with Gasteiger partial charge in [-0.15, -0.1) is 10.2 Å². The third-order valence-corrected chi connectivity index (χ3v) is 5.73. The lowest BCUT2D eigenvalue weighted by molar-refractivity contribution is -0.479. The number of methoxy groups -OCH3 is 1. The molecule has 0 bridgehead atoms. The summed E-state index contributed by atoms with van der Waals surface area (Å²) in [6.07, 6.45) is 0. The highest BCUT2D eigenvalue weighted by atomic mass is 35.5. The number of aromatic nitrogens is 3. The van der Waals surface area contributed by atoms with Crippen molar-refractivity contribution in [1.29, 1.82) is 0 Å². The van der Waals surface area contributed by atoms with E-state index in [0.29, 0.717) is 34.1 Å². The van der Waals surface area contributed by atoms with Crippen molar-refractivity contribution in [2.75, 3.05) is 20.3 Å². The number of benzene rings is 2. The Bertz CT molecular complexity index is 1030. The first-order valence-electron chi connectivity index (χ1n) is 9.20. The van der Waals surface area contributed by atoms with E-state index in [4.69, 9.17) is 21.1 Å². The van der Waals surface area contributed by atoms with Crippen LogP contribution in [0.3, 0.4) is 0 Å². The molecule has 0 amide bonds. The number of rotatable bonds is 9. The predicted molar refractivity (Wildman–Crippen MR) is 116 cm³/mol. The monoisotopic (exact) mass is 448 g/mol. The lowest BCUT2D eigenvalue weighted by atomic mass is 10.1. The topological polar surface area (TPSA) is 92.3 Å². The first-order chi connectivity index (χ1) is 14.4. The second-order valence-electron chi connectivity index (χ2n) is 6.31. The number of nitro groups is 1. The normalized spacial score (nSPS) is 11.9. The molecule has 0 aliphatic rings. The summed E-state index contributed by atoms with van der Waals surface area (Å²) < 4.78 is 12.8. The number of hydrogen-bond donors (Lipinski definition) is 0. The van der Waals surface area contributed by atoms with Crippen LogP contribution in [0, 0.1) is 17.0 Å². The SMILES string of the molecule is CCOc1ccc([C@@H](C[N+](=O)[O-])Sc2nnc(C)n2-c2ccc(Cl)cc2)cc1OC. The van der Waals surface area contributed by atoms with Crippen molar-refractivity contribution in [3.8, 4) is 17.2 Å². The number of nitrogens with zero attached hydrogens (tertiary/aromatic N) is 4. The van der Waals surface area contributed by atoms with Gasteiger partial charge in [0.1, 0.15) is 11.1 Å². The smallest absolute Gasteiger partial charge is 0.220 e. The van der Waals surface area contributed by atoms with Crippen molar-refractivity contribution < 1.29 is 14.4 Å². The van der Waals surface area contributed by atoms with Crippen LogP contribution >= 0.6 is 23.4 Å². The molecular weight excluding hydrogens is 428 g/mol. The molecule has 0 N–H and O–H groups in total. The zero-order chi connectivity index (χ0) is 21.7. The Morgan fingerprint density at radius 1 is 1.20 bits per heavy atom. The summed E-state index contributed by atoms with van der Waals surface area (Å²) in [4.78, 5) is 11.0. The van der Waals surface area contributed by atoms with Crippen molar-refractivity contribution in [3.63, 3.8) is 0 Å². The molecule has 3 aromatic rings. The van der Waals surface area contributed by atoms with Gasteiger partial charge in [-0.05, 0) is 55.8 Å². The lowest BCUT2D eigenvalue weighted by Gasteiger charge is -2.16. The minimum atomic E-state index is -0.501. The van der Waals surface area contributed by atoms with Crippen molar-refractivity contribution in [2.45, 2.75) is 24.3 Å². The van der Waals surface area contributed by atoms with E-state index < -0.39 is 5.25 Å². The molecule has 0 aliphatic heterocycles. The molecule has 10 heteroatoms. The molecule has 158 valence electrons. The molecule has 0 saturated heterocycles. The first-order valence-corrected chi connectivity index (χ1v) is 10.5. The second kappa shape index (κ2) is 9.82. The van der Waals surface area contributed by atoms with Gasteiger partial charge < -0.3 is 9.47 Å². The number of aryl methyl sites for hydroxylation is 1. The summed E-state index contributed by atoms with van der Waals surface area (Å²) in [5.74, 6) is 1.79. The maximum atomic E-state index is 11.4. The van der Waals surface area contributed by atoms with Crippen molar-refractivity contribution in [2.24, 2.45) is 0 Å². The molecular formula is C20H21ClN4O4S. The van der Waals surface area contributed by atoms with E-state index in [1.165, 1.54) is 18.9 Å². The van der Waals surface area contributed by atoms with Crippen LogP contribution in [0.2, 0.25) is 5.02 Å². The van der Waals surface area contributed by atoms with Crippen LogP contribution in [0.1, 0.15) is 23.6 Å². The number of halogens is 1. The minimum absolute atomic E-state index is 0.283. The highest BCUT2D eigenvalue weighted by molar-refractivity contribution is 7.99.